The first kappa shape index (κ1) is 13.1. The van der Waals surface area contributed by atoms with Crippen molar-refractivity contribution in [2.24, 2.45) is 0 Å². The van der Waals surface area contributed by atoms with Gasteiger partial charge in [-0.05, 0) is 30.3 Å². The molecule has 5 nitrogen and oxygen atoms in total. The molecule has 0 bridgehead atoms. The number of carbonyl (C=O) groups is 1. The molecule has 0 saturated carbocycles. The topological polar surface area (TPSA) is 83.2 Å². The van der Waals surface area contributed by atoms with Crippen LogP contribution in [0.15, 0.2) is 41.0 Å². The van der Waals surface area contributed by atoms with Gasteiger partial charge >= 0.3 is 5.97 Å². The Morgan fingerprint density at radius 3 is 2.89 bits per heavy atom. The zero-order valence-electron chi connectivity index (χ0n) is 9.50. The van der Waals surface area contributed by atoms with Gasteiger partial charge in [0.1, 0.15) is 22.9 Å². The number of nitrogens with zero attached hydrogens (tertiary/aromatic N) is 2. The van der Waals surface area contributed by atoms with Gasteiger partial charge in [-0.3, -0.25) is 0 Å². The second-order valence-corrected chi connectivity index (χ2v) is 4.43. The van der Waals surface area contributed by atoms with Crippen molar-refractivity contribution in [1.29, 1.82) is 5.26 Å². The van der Waals surface area contributed by atoms with Gasteiger partial charge in [-0.15, -0.1) is 0 Å². The van der Waals surface area contributed by atoms with E-state index in [9.17, 15) is 4.79 Å². The molecule has 0 unspecified atom stereocenters. The van der Waals surface area contributed by atoms with Gasteiger partial charge in [-0.25, -0.2) is 9.78 Å². The third kappa shape index (κ3) is 2.89. The Bertz CT molecular complexity index is 680. The van der Waals surface area contributed by atoms with Gasteiger partial charge in [0, 0.05) is 10.7 Å². The van der Waals surface area contributed by atoms with E-state index in [1.807, 2.05) is 6.07 Å². The van der Waals surface area contributed by atoms with E-state index in [0.29, 0.717) is 4.47 Å². The van der Waals surface area contributed by atoms with E-state index in [1.54, 1.807) is 18.2 Å². The summed E-state index contributed by atoms with van der Waals surface area (Å²) in [5.41, 5.74) is 0.233. The average Bonchev–Trinajstić information content (AvgIpc) is 2.39. The number of benzene rings is 1. The van der Waals surface area contributed by atoms with Crippen LogP contribution in [0.1, 0.15) is 15.9 Å². The molecule has 1 N–H and O–H groups in total. The van der Waals surface area contributed by atoms with E-state index in [4.69, 9.17) is 15.1 Å². The summed E-state index contributed by atoms with van der Waals surface area (Å²) in [7, 11) is 0. The molecule has 2 aromatic rings. The van der Waals surface area contributed by atoms with Crippen LogP contribution < -0.4 is 4.74 Å². The number of halogens is 1. The second kappa shape index (κ2) is 5.50. The highest BCUT2D eigenvalue weighted by atomic mass is 79.9. The largest absolute Gasteiger partial charge is 0.478 e. The minimum absolute atomic E-state index is 0.00209. The lowest BCUT2D eigenvalue weighted by Gasteiger charge is -2.09. The summed E-state index contributed by atoms with van der Waals surface area (Å²) < 4.78 is 6.10. The number of aromatic nitrogens is 1. The molecule has 1 aromatic heterocycles. The average molecular weight is 319 g/mol. The van der Waals surface area contributed by atoms with Gasteiger partial charge in [0.2, 0.25) is 5.88 Å². The normalized spacial score (nSPS) is 9.68. The summed E-state index contributed by atoms with van der Waals surface area (Å²) in [5.74, 6) is -0.917. The first-order valence-electron chi connectivity index (χ1n) is 5.17. The van der Waals surface area contributed by atoms with Crippen molar-refractivity contribution in [3.8, 4) is 17.7 Å². The molecule has 2 rings (SSSR count). The highest BCUT2D eigenvalue weighted by molar-refractivity contribution is 9.10. The van der Waals surface area contributed by atoms with Crippen molar-refractivity contribution >= 4 is 21.9 Å². The monoisotopic (exact) mass is 318 g/mol. The number of carboxylic acid groups (broad SMARTS) is 1. The molecule has 0 spiro atoms. The molecule has 94 valence electrons. The van der Waals surface area contributed by atoms with Gasteiger partial charge in [0.25, 0.3) is 0 Å². The van der Waals surface area contributed by atoms with Crippen LogP contribution in [0.5, 0.6) is 11.6 Å². The fraction of sp³-hybridized carbons (Fsp3) is 0. The molecule has 0 saturated heterocycles. The number of hydrogen-bond acceptors (Lipinski definition) is 4. The highest BCUT2D eigenvalue weighted by Crippen LogP contribution is 2.29. The molecule has 0 aliphatic carbocycles. The van der Waals surface area contributed by atoms with Crippen LogP contribution in [0, 0.1) is 11.3 Å². The van der Waals surface area contributed by atoms with Gasteiger partial charge in [0.15, 0.2) is 0 Å². The molecule has 19 heavy (non-hydrogen) atoms. The molecule has 0 aliphatic heterocycles. The summed E-state index contributed by atoms with van der Waals surface area (Å²) in [4.78, 5) is 15.0. The molecular weight excluding hydrogens is 312 g/mol. The molecule has 0 fully saturated rings. The zero-order valence-corrected chi connectivity index (χ0v) is 11.1. The van der Waals surface area contributed by atoms with Crippen LogP contribution in [0.2, 0.25) is 0 Å². The number of pyridine rings is 1. The Balaban J connectivity index is 2.46. The van der Waals surface area contributed by atoms with Crippen molar-refractivity contribution in [2.75, 3.05) is 0 Å². The maximum absolute atomic E-state index is 11.1. The van der Waals surface area contributed by atoms with Crippen LogP contribution in [0.3, 0.4) is 0 Å². The molecule has 1 aromatic carbocycles. The number of hydrogen-bond donors (Lipinski definition) is 1. The minimum atomic E-state index is -1.11. The third-order valence-electron chi connectivity index (χ3n) is 2.27. The van der Waals surface area contributed by atoms with Crippen molar-refractivity contribution in [3.05, 3.63) is 52.1 Å². The summed E-state index contributed by atoms with van der Waals surface area (Å²) in [6.45, 7) is 0. The first-order chi connectivity index (χ1) is 9.11. The molecular formula is C13H7BrN2O3. The van der Waals surface area contributed by atoms with E-state index in [2.05, 4.69) is 20.9 Å². The Hall–Kier alpha value is -2.39. The number of nitriles is 1. The summed E-state index contributed by atoms with van der Waals surface area (Å²) in [5, 5.41) is 18.0. The summed E-state index contributed by atoms with van der Waals surface area (Å²) in [6.07, 6.45) is 1.47. The standard InChI is InChI=1S/C13H7BrN2O3/c14-9-3-4-10(13(17)18)11(6-9)19-12-8(7-15)2-1-5-16-12/h1-6H,(H,17,18). The fourth-order valence-electron chi connectivity index (χ4n) is 1.42. The van der Waals surface area contributed by atoms with Crippen LogP contribution >= 0.6 is 15.9 Å². The SMILES string of the molecule is N#Cc1cccnc1Oc1cc(Br)ccc1C(=O)O. The van der Waals surface area contributed by atoms with E-state index in [1.165, 1.54) is 18.3 Å². The zero-order chi connectivity index (χ0) is 13.8. The maximum atomic E-state index is 11.1. The molecule has 0 radical (unpaired) electrons. The first-order valence-corrected chi connectivity index (χ1v) is 5.97. The summed E-state index contributed by atoms with van der Waals surface area (Å²) >= 11 is 3.24. The van der Waals surface area contributed by atoms with Gasteiger partial charge < -0.3 is 9.84 Å². The smallest absolute Gasteiger partial charge is 0.339 e. The Morgan fingerprint density at radius 2 is 2.21 bits per heavy atom. The van der Waals surface area contributed by atoms with Gasteiger partial charge in [-0.1, -0.05) is 15.9 Å². The van der Waals surface area contributed by atoms with Crippen molar-refractivity contribution < 1.29 is 14.6 Å². The minimum Gasteiger partial charge on any atom is -0.478 e. The lowest BCUT2D eigenvalue weighted by atomic mass is 10.2. The Morgan fingerprint density at radius 1 is 1.42 bits per heavy atom. The van der Waals surface area contributed by atoms with E-state index < -0.39 is 5.97 Å². The number of carboxylic acids is 1. The lowest BCUT2D eigenvalue weighted by Crippen LogP contribution is -2.01. The Kier molecular flexibility index (Phi) is 3.78. The van der Waals surface area contributed by atoms with Crippen LogP contribution in [0.25, 0.3) is 0 Å². The molecule has 1 heterocycles. The van der Waals surface area contributed by atoms with Gasteiger partial charge in [-0.2, -0.15) is 5.26 Å². The number of aromatic carboxylic acids is 1. The number of ether oxygens (including phenoxy) is 1. The van der Waals surface area contributed by atoms with Crippen molar-refractivity contribution in [1.82, 2.24) is 4.98 Å². The third-order valence-corrected chi connectivity index (χ3v) is 2.77. The highest BCUT2D eigenvalue weighted by Gasteiger charge is 2.14. The quantitative estimate of drug-likeness (QED) is 0.939. The van der Waals surface area contributed by atoms with Crippen molar-refractivity contribution in [2.45, 2.75) is 0 Å². The molecule has 0 aliphatic rings. The van der Waals surface area contributed by atoms with Crippen LogP contribution in [-0.2, 0) is 0 Å². The Labute approximate surface area is 117 Å². The van der Waals surface area contributed by atoms with Gasteiger partial charge in [0.05, 0.1) is 0 Å². The van der Waals surface area contributed by atoms with E-state index in [-0.39, 0.29) is 22.8 Å². The van der Waals surface area contributed by atoms with E-state index in [0.717, 1.165) is 0 Å². The maximum Gasteiger partial charge on any atom is 0.339 e. The molecule has 6 heteroatoms. The second-order valence-electron chi connectivity index (χ2n) is 3.52. The van der Waals surface area contributed by atoms with Crippen LogP contribution in [-0.4, -0.2) is 16.1 Å². The predicted octanol–water partition coefficient (Wildman–Crippen LogP) is 3.21. The number of rotatable bonds is 3. The summed E-state index contributed by atoms with van der Waals surface area (Å²) in [6, 6.07) is 9.60. The molecule has 0 amide bonds. The van der Waals surface area contributed by atoms with Crippen LogP contribution in [0.4, 0.5) is 0 Å². The van der Waals surface area contributed by atoms with E-state index >= 15 is 0 Å². The molecule has 0 atom stereocenters. The lowest BCUT2D eigenvalue weighted by molar-refractivity contribution is 0.0694. The predicted molar refractivity (Wildman–Crippen MR) is 70.1 cm³/mol. The fourth-order valence-corrected chi connectivity index (χ4v) is 1.76. The van der Waals surface area contributed by atoms with Crippen molar-refractivity contribution in [3.63, 3.8) is 0 Å².